The van der Waals surface area contributed by atoms with E-state index in [1.807, 2.05) is 26.0 Å². The fourth-order valence-corrected chi connectivity index (χ4v) is 1.19. The number of benzene rings is 1. The van der Waals surface area contributed by atoms with E-state index in [4.69, 9.17) is 0 Å². The number of H-pyrrole nitrogens is 1. The third kappa shape index (κ3) is 3.67. The molecule has 0 fully saturated rings. The Hall–Kier alpha value is -2.24. The van der Waals surface area contributed by atoms with Crippen LogP contribution in [-0.2, 0) is 4.79 Å². The van der Waals surface area contributed by atoms with E-state index in [1.54, 1.807) is 12.1 Å². The molecule has 0 aliphatic heterocycles. The Morgan fingerprint density at radius 2 is 1.88 bits per heavy atom. The Morgan fingerprint density at radius 3 is 2.35 bits per heavy atom. The van der Waals surface area contributed by atoms with Crippen molar-refractivity contribution in [3.05, 3.63) is 24.3 Å². The van der Waals surface area contributed by atoms with Crippen LogP contribution < -0.4 is 5.32 Å². The molecule has 0 saturated heterocycles. The molecule has 2 N–H and O–H groups in total. The van der Waals surface area contributed by atoms with E-state index < -0.39 is 0 Å². The van der Waals surface area contributed by atoms with E-state index in [0.717, 1.165) is 11.3 Å². The average molecular weight is 233 g/mol. The number of tetrazole rings is 1. The highest BCUT2D eigenvalue weighted by molar-refractivity contribution is 5.88. The summed E-state index contributed by atoms with van der Waals surface area (Å²) in [7, 11) is 0. The number of nitrogens with zero attached hydrogens (tertiary/aromatic N) is 3. The van der Waals surface area contributed by atoms with Crippen LogP contribution in [0, 0.1) is 0 Å². The van der Waals surface area contributed by atoms with Gasteiger partial charge in [-0.2, -0.15) is 5.21 Å². The van der Waals surface area contributed by atoms with Crippen molar-refractivity contribution in [1.29, 1.82) is 0 Å². The number of anilines is 1. The quantitative estimate of drug-likeness (QED) is 0.829. The van der Waals surface area contributed by atoms with Crippen molar-refractivity contribution in [2.45, 2.75) is 20.8 Å². The van der Waals surface area contributed by atoms with Crippen LogP contribution in [-0.4, -0.2) is 26.5 Å². The topological polar surface area (TPSA) is 83.6 Å². The number of carbonyl (C=O) groups is 1. The molecule has 0 aliphatic rings. The predicted molar refractivity (Wildman–Crippen MR) is 65.3 cm³/mol. The van der Waals surface area contributed by atoms with Gasteiger partial charge in [0.15, 0.2) is 0 Å². The third-order valence-corrected chi connectivity index (χ3v) is 1.81. The van der Waals surface area contributed by atoms with Crippen molar-refractivity contribution >= 4 is 11.6 Å². The van der Waals surface area contributed by atoms with Gasteiger partial charge in [0.05, 0.1) is 0 Å². The summed E-state index contributed by atoms with van der Waals surface area (Å²) in [5.41, 5.74) is 1.59. The molecule has 0 spiro atoms. The Morgan fingerprint density at radius 1 is 1.24 bits per heavy atom. The molecule has 2 aromatic rings. The van der Waals surface area contributed by atoms with Gasteiger partial charge in [-0.1, -0.05) is 13.8 Å². The van der Waals surface area contributed by atoms with Gasteiger partial charge >= 0.3 is 0 Å². The lowest BCUT2D eigenvalue weighted by Crippen LogP contribution is -2.05. The lowest BCUT2D eigenvalue weighted by Gasteiger charge is -2.01. The zero-order chi connectivity index (χ0) is 12.7. The smallest absolute Gasteiger partial charge is 0.221 e. The summed E-state index contributed by atoms with van der Waals surface area (Å²) >= 11 is 0. The van der Waals surface area contributed by atoms with Crippen LogP contribution in [0.15, 0.2) is 24.3 Å². The van der Waals surface area contributed by atoms with E-state index in [-0.39, 0.29) is 5.91 Å². The van der Waals surface area contributed by atoms with Gasteiger partial charge in [-0.15, -0.1) is 10.2 Å². The molecular weight excluding hydrogens is 218 g/mol. The molecular formula is C11H15N5O. The summed E-state index contributed by atoms with van der Waals surface area (Å²) < 4.78 is 0. The maximum atomic E-state index is 10.8. The molecule has 17 heavy (non-hydrogen) atoms. The highest BCUT2D eigenvalue weighted by Crippen LogP contribution is 2.16. The highest BCUT2D eigenvalue weighted by Gasteiger charge is 2.02. The molecule has 0 atom stereocenters. The molecule has 0 saturated carbocycles. The van der Waals surface area contributed by atoms with Crippen molar-refractivity contribution in [3.8, 4) is 11.4 Å². The summed E-state index contributed by atoms with van der Waals surface area (Å²) in [6, 6.07) is 7.20. The average Bonchev–Trinajstić information content (AvgIpc) is 2.85. The van der Waals surface area contributed by atoms with Crippen LogP contribution in [0.4, 0.5) is 5.69 Å². The zero-order valence-electron chi connectivity index (χ0n) is 10.1. The minimum atomic E-state index is -0.0951. The van der Waals surface area contributed by atoms with Crippen LogP contribution in [0.5, 0.6) is 0 Å². The molecule has 1 amide bonds. The molecule has 1 heterocycles. The Balaban J connectivity index is 0.000000686. The second-order valence-corrected chi connectivity index (χ2v) is 2.99. The van der Waals surface area contributed by atoms with Crippen molar-refractivity contribution in [3.63, 3.8) is 0 Å². The van der Waals surface area contributed by atoms with Crippen LogP contribution in [0.25, 0.3) is 11.4 Å². The van der Waals surface area contributed by atoms with Gasteiger partial charge in [0.2, 0.25) is 11.7 Å². The number of aromatic nitrogens is 4. The predicted octanol–water partition coefficient (Wildman–Crippen LogP) is 1.85. The first-order valence-electron chi connectivity index (χ1n) is 5.37. The lowest BCUT2D eigenvalue weighted by molar-refractivity contribution is -0.114. The lowest BCUT2D eigenvalue weighted by atomic mass is 10.2. The van der Waals surface area contributed by atoms with Crippen LogP contribution in [0.3, 0.4) is 0 Å². The molecule has 0 bridgehead atoms. The molecule has 0 aliphatic carbocycles. The fourth-order valence-electron chi connectivity index (χ4n) is 1.19. The number of hydrogen-bond acceptors (Lipinski definition) is 4. The van der Waals surface area contributed by atoms with E-state index in [2.05, 4.69) is 25.9 Å². The Kier molecular flexibility index (Phi) is 4.80. The van der Waals surface area contributed by atoms with Gasteiger partial charge in [0.1, 0.15) is 0 Å². The first-order chi connectivity index (χ1) is 8.25. The maximum absolute atomic E-state index is 10.8. The van der Waals surface area contributed by atoms with Gasteiger partial charge in [-0.3, -0.25) is 4.79 Å². The van der Waals surface area contributed by atoms with E-state index >= 15 is 0 Å². The molecule has 2 rings (SSSR count). The molecule has 1 aromatic carbocycles. The SMILES string of the molecule is CC.CC(=O)Nc1ccc(-c2nn[nH]n2)cc1. The standard InChI is InChI=1S/C9H9N5O.C2H6/c1-6(15)10-8-4-2-7(3-5-8)9-11-13-14-12-9;1-2/h2-5H,1H3,(H,10,15)(H,11,12,13,14);1-2H3. The number of hydrogen-bond donors (Lipinski definition) is 2. The maximum Gasteiger partial charge on any atom is 0.221 e. The second-order valence-electron chi connectivity index (χ2n) is 2.99. The summed E-state index contributed by atoms with van der Waals surface area (Å²) in [5.74, 6) is 0.437. The zero-order valence-corrected chi connectivity index (χ0v) is 10.1. The second kappa shape index (κ2) is 6.37. The first-order valence-corrected chi connectivity index (χ1v) is 5.37. The summed E-state index contributed by atoms with van der Waals surface area (Å²) in [4.78, 5) is 10.8. The number of nitrogens with one attached hydrogen (secondary N) is 2. The molecule has 0 unspecified atom stereocenters. The molecule has 0 radical (unpaired) electrons. The van der Waals surface area contributed by atoms with Gasteiger partial charge in [0.25, 0.3) is 0 Å². The van der Waals surface area contributed by atoms with Crippen molar-refractivity contribution in [2.75, 3.05) is 5.32 Å². The Labute approximate surface area is 99.4 Å². The van der Waals surface area contributed by atoms with Gasteiger partial charge in [-0.05, 0) is 29.5 Å². The minimum Gasteiger partial charge on any atom is -0.326 e. The largest absolute Gasteiger partial charge is 0.326 e. The molecule has 6 heteroatoms. The van der Waals surface area contributed by atoms with Gasteiger partial charge in [-0.25, -0.2) is 0 Å². The highest BCUT2D eigenvalue weighted by atomic mass is 16.1. The number of carbonyl (C=O) groups excluding carboxylic acids is 1. The Bertz CT molecular complexity index is 449. The number of amides is 1. The van der Waals surface area contributed by atoms with E-state index in [9.17, 15) is 4.79 Å². The van der Waals surface area contributed by atoms with Crippen molar-refractivity contribution in [1.82, 2.24) is 20.6 Å². The first kappa shape index (κ1) is 12.8. The van der Waals surface area contributed by atoms with Crippen LogP contribution >= 0.6 is 0 Å². The van der Waals surface area contributed by atoms with Gasteiger partial charge < -0.3 is 5.32 Å². The minimum absolute atomic E-state index is 0.0951. The van der Waals surface area contributed by atoms with Gasteiger partial charge in [0, 0.05) is 18.2 Å². The fraction of sp³-hybridized carbons (Fsp3) is 0.273. The van der Waals surface area contributed by atoms with E-state index in [1.165, 1.54) is 6.92 Å². The summed E-state index contributed by atoms with van der Waals surface area (Å²) in [5, 5.41) is 16.2. The van der Waals surface area contributed by atoms with Crippen molar-refractivity contribution in [2.24, 2.45) is 0 Å². The normalized spacial score (nSPS) is 9.12. The monoisotopic (exact) mass is 233 g/mol. The molecule has 90 valence electrons. The van der Waals surface area contributed by atoms with Crippen molar-refractivity contribution < 1.29 is 4.79 Å². The molecule has 1 aromatic heterocycles. The number of rotatable bonds is 2. The summed E-state index contributed by atoms with van der Waals surface area (Å²) in [6.45, 7) is 5.47. The van der Waals surface area contributed by atoms with Crippen LogP contribution in [0.1, 0.15) is 20.8 Å². The summed E-state index contributed by atoms with van der Waals surface area (Å²) in [6.07, 6.45) is 0. The molecule has 6 nitrogen and oxygen atoms in total. The third-order valence-electron chi connectivity index (χ3n) is 1.81. The van der Waals surface area contributed by atoms with Crippen LogP contribution in [0.2, 0.25) is 0 Å². The van der Waals surface area contributed by atoms with E-state index in [0.29, 0.717) is 5.82 Å². The number of aromatic amines is 1.